The molecule has 0 bridgehead atoms. The molecule has 5 rings (SSSR count). The molecule has 0 radical (unpaired) electrons. The molecule has 4 aromatic rings. The summed E-state index contributed by atoms with van der Waals surface area (Å²) >= 11 is 6.51. The van der Waals surface area contributed by atoms with E-state index in [0.717, 1.165) is 44.7 Å². The Labute approximate surface area is 231 Å². The second-order valence-corrected chi connectivity index (χ2v) is 9.44. The summed E-state index contributed by atoms with van der Waals surface area (Å²) in [6.07, 6.45) is 5.86. The van der Waals surface area contributed by atoms with Crippen molar-refractivity contribution in [3.05, 3.63) is 59.5 Å². The minimum absolute atomic E-state index is 0.383. The summed E-state index contributed by atoms with van der Waals surface area (Å²) in [7, 11) is 3.43. The number of rotatable bonds is 10. The zero-order valence-corrected chi connectivity index (χ0v) is 22.6. The summed E-state index contributed by atoms with van der Waals surface area (Å²) in [4.78, 5) is 11.0. The van der Waals surface area contributed by atoms with Gasteiger partial charge in [0.1, 0.15) is 11.8 Å². The van der Waals surface area contributed by atoms with Gasteiger partial charge in [-0.15, -0.1) is 0 Å². The number of morpholine rings is 1. The number of imidazole rings is 1. The fourth-order valence-electron chi connectivity index (χ4n) is 4.34. The summed E-state index contributed by atoms with van der Waals surface area (Å²) in [5.74, 6) is 1.63. The zero-order chi connectivity index (χ0) is 27.2. The van der Waals surface area contributed by atoms with Gasteiger partial charge in [-0.3, -0.25) is 9.88 Å². The van der Waals surface area contributed by atoms with Gasteiger partial charge in [0.15, 0.2) is 11.5 Å². The lowest BCUT2D eigenvalue weighted by Gasteiger charge is -2.26. The molecule has 2 aromatic carbocycles. The van der Waals surface area contributed by atoms with Crippen LogP contribution in [-0.4, -0.2) is 66.0 Å². The molecule has 0 atom stereocenters. The molecule has 1 saturated heterocycles. The van der Waals surface area contributed by atoms with Gasteiger partial charge in [-0.05, 0) is 30.7 Å². The van der Waals surface area contributed by atoms with Crippen LogP contribution in [0.5, 0.6) is 23.3 Å². The second-order valence-electron chi connectivity index (χ2n) is 9.03. The quantitative estimate of drug-likeness (QED) is 0.269. The zero-order valence-electron chi connectivity index (χ0n) is 21.8. The van der Waals surface area contributed by atoms with E-state index < -0.39 is 0 Å². The van der Waals surface area contributed by atoms with E-state index in [9.17, 15) is 5.26 Å². The molecule has 1 aliphatic heterocycles. The molecule has 1 N–H and O–H groups in total. The molecule has 0 unspecified atom stereocenters. The van der Waals surface area contributed by atoms with Gasteiger partial charge in [0.25, 0.3) is 0 Å². The molecule has 1 aliphatic rings. The standard InChI is InChI=1S/C28H29ClN6O4/c1-34-8-6-31-28(34)39-24-5-4-20(14-22(24)29)33-27-19(17-30)18-32-23-16-26(25(36-2)15-21(23)27)38-11-3-7-35-9-12-37-13-10-35/h4-6,8,14-16,18H,3,7,9-13H2,1-2H3,(H,32,33). The van der Waals surface area contributed by atoms with Crippen molar-refractivity contribution in [3.63, 3.8) is 0 Å². The van der Waals surface area contributed by atoms with Crippen molar-refractivity contribution >= 4 is 33.9 Å². The maximum atomic E-state index is 9.80. The Balaban J connectivity index is 1.35. The number of halogens is 1. The number of pyridine rings is 1. The number of hydrogen-bond donors (Lipinski definition) is 1. The number of methoxy groups -OCH3 is 1. The molecular weight excluding hydrogens is 520 g/mol. The van der Waals surface area contributed by atoms with Crippen LogP contribution in [0.1, 0.15) is 12.0 Å². The van der Waals surface area contributed by atoms with Gasteiger partial charge >= 0.3 is 6.01 Å². The first-order valence-electron chi connectivity index (χ1n) is 12.6. The maximum absolute atomic E-state index is 9.80. The number of aromatic nitrogens is 3. The molecule has 10 nitrogen and oxygen atoms in total. The maximum Gasteiger partial charge on any atom is 0.301 e. The van der Waals surface area contributed by atoms with E-state index in [2.05, 4.69) is 26.3 Å². The van der Waals surface area contributed by atoms with Gasteiger partial charge < -0.3 is 28.8 Å². The molecule has 11 heteroatoms. The highest BCUT2D eigenvalue weighted by atomic mass is 35.5. The van der Waals surface area contributed by atoms with E-state index >= 15 is 0 Å². The van der Waals surface area contributed by atoms with Crippen LogP contribution in [0.2, 0.25) is 5.02 Å². The molecule has 0 saturated carbocycles. The van der Waals surface area contributed by atoms with E-state index in [1.165, 1.54) is 0 Å². The molecule has 0 amide bonds. The summed E-state index contributed by atoms with van der Waals surface area (Å²) in [5.41, 5.74) is 2.32. The molecule has 0 aliphatic carbocycles. The molecule has 3 heterocycles. The van der Waals surface area contributed by atoms with Gasteiger partial charge in [0, 0.05) is 62.4 Å². The number of nitrogens with one attached hydrogen (secondary N) is 1. The Hall–Kier alpha value is -4.04. The molecule has 39 heavy (non-hydrogen) atoms. The third-order valence-corrected chi connectivity index (χ3v) is 6.73. The highest BCUT2D eigenvalue weighted by Gasteiger charge is 2.16. The van der Waals surface area contributed by atoms with Crippen LogP contribution in [-0.2, 0) is 11.8 Å². The number of benzene rings is 2. The average Bonchev–Trinajstić information content (AvgIpc) is 3.36. The van der Waals surface area contributed by atoms with Crippen LogP contribution in [0.15, 0.2) is 48.9 Å². The van der Waals surface area contributed by atoms with Crippen LogP contribution in [0.25, 0.3) is 10.9 Å². The van der Waals surface area contributed by atoms with Crippen LogP contribution in [0.3, 0.4) is 0 Å². The Bertz CT molecular complexity index is 1500. The normalized spacial score (nSPS) is 13.7. The topological polar surface area (TPSA) is 107 Å². The minimum Gasteiger partial charge on any atom is -0.493 e. The van der Waals surface area contributed by atoms with E-state index in [1.54, 1.807) is 42.4 Å². The van der Waals surface area contributed by atoms with Crippen molar-refractivity contribution in [1.29, 1.82) is 5.26 Å². The lowest BCUT2D eigenvalue weighted by atomic mass is 10.1. The fourth-order valence-corrected chi connectivity index (χ4v) is 4.56. The minimum atomic E-state index is 0.383. The molecule has 1 fully saturated rings. The highest BCUT2D eigenvalue weighted by molar-refractivity contribution is 6.32. The molecule has 2 aromatic heterocycles. The van der Waals surface area contributed by atoms with E-state index in [4.69, 9.17) is 30.5 Å². The first-order valence-corrected chi connectivity index (χ1v) is 13.0. The number of hydrogen-bond acceptors (Lipinski definition) is 9. The van der Waals surface area contributed by atoms with Crippen LogP contribution >= 0.6 is 11.6 Å². The molecular formula is C28H29ClN6O4. The number of nitrogens with zero attached hydrogens (tertiary/aromatic N) is 5. The van der Waals surface area contributed by atoms with Crippen LogP contribution in [0, 0.1) is 11.3 Å². The van der Waals surface area contributed by atoms with Crippen molar-refractivity contribution < 1.29 is 18.9 Å². The third kappa shape index (κ3) is 6.17. The van der Waals surface area contributed by atoms with E-state index in [1.807, 2.05) is 25.2 Å². The average molecular weight is 549 g/mol. The van der Waals surface area contributed by atoms with Gasteiger partial charge in [0.2, 0.25) is 0 Å². The largest absolute Gasteiger partial charge is 0.493 e. The number of aryl methyl sites for hydroxylation is 1. The SMILES string of the molecule is COc1cc2c(Nc3ccc(Oc4nccn4C)c(Cl)c3)c(C#N)cnc2cc1OCCCN1CCOCC1. The van der Waals surface area contributed by atoms with Crippen molar-refractivity contribution in [2.75, 3.05) is 51.9 Å². The Morgan fingerprint density at radius 2 is 1.97 bits per heavy atom. The van der Waals surface area contributed by atoms with Crippen LogP contribution < -0.4 is 19.5 Å². The third-order valence-electron chi connectivity index (χ3n) is 6.43. The summed E-state index contributed by atoms with van der Waals surface area (Å²) in [6, 6.07) is 11.6. The first-order chi connectivity index (χ1) is 19.1. The highest BCUT2D eigenvalue weighted by Crippen LogP contribution is 2.38. The Morgan fingerprint density at radius 3 is 2.69 bits per heavy atom. The Morgan fingerprint density at radius 1 is 1.13 bits per heavy atom. The molecule has 202 valence electrons. The van der Waals surface area contributed by atoms with Crippen LogP contribution in [0.4, 0.5) is 11.4 Å². The fraction of sp³-hybridized carbons (Fsp3) is 0.321. The number of fused-ring (bicyclic) bond motifs is 1. The first kappa shape index (κ1) is 26.6. The predicted octanol–water partition coefficient (Wildman–Crippen LogP) is 5.14. The summed E-state index contributed by atoms with van der Waals surface area (Å²) in [5, 5.41) is 14.2. The van der Waals surface area contributed by atoms with E-state index in [-0.39, 0.29) is 0 Å². The Kier molecular flexibility index (Phi) is 8.32. The van der Waals surface area contributed by atoms with Crippen molar-refractivity contribution in [2.45, 2.75) is 6.42 Å². The molecule has 0 spiro atoms. The monoisotopic (exact) mass is 548 g/mol. The van der Waals surface area contributed by atoms with Crippen molar-refractivity contribution in [2.24, 2.45) is 7.05 Å². The summed E-state index contributed by atoms with van der Waals surface area (Å²) in [6.45, 7) is 4.95. The number of anilines is 2. The lowest BCUT2D eigenvalue weighted by Crippen LogP contribution is -2.37. The van der Waals surface area contributed by atoms with Gasteiger partial charge in [0.05, 0.1) is 48.7 Å². The van der Waals surface area contributed by atoms with Gasteiger partial charge in [-0.1, -0.05) is 11.6 Å². The predicted molar refractivity (Wildman–Crippen MR) is 148 cm³/mol. The lowest BCUT2D eigenvalue weighted by molar-refractivity contribution is 0.0357. The van der Waals surface area contributed by atoms with Gasteiger partial charge in [-0.25, -0.2) is 4.98 Å². The van der Waals surface area contributed by atoms with E-state index in [0.29, 0.717) is 57.3 Å². The number of ether oxygens (including phenoxy) is 4. The summed E-state index contributed by atoms with van der Waals surface area (Å²) < 4.78 is 24.7. The number of nitriles is 1. The van der Waals surface area contributed by atoms with Gasteiger partial charge in [-0.2, -0.15) is 5.26 Å². The second kappa shape index (κ2) is 12.2. The van der Waals surface area contributed by atoms with Crippen molar-refractivity contribution in [3.8, 4) is 29.3 Å². The smallest absolute Gasteiger partial charge is 0.301 e. The van der Waals surface area contributed by atoms with Crippen molar-refractivity contribution in [1.82, 2.24) is 19.4 Å².